The van der Waals surface area contributed by atoms with Crippen molar-refractivity contribution < 1.29 is 4.79 Å². The van der Waals surface area contributed by atoms with Gasteiger partial charge in [0, 0.05) is 6.92 Å². The van der Waals surface area contributed by atoms with Crippen LogP contribution in [0, 0.1) is 13.8 Å². The van der Waals surface area contributed by atoms with Crippen LogP contribution in [0.5, 0.6) is 0 Å². The maximum Gasteiger partial charge on any atom is 0.229 e. The lowest BCUT2D eigenvalue weighted by Crippen LogP contribution is -2.07. The van der Waals surface area contributed by atoms with E-state index in [1.54, 1.807) is 11.5 Å². The highest BCUT2D eigenvalue weighted by Crippen LogP contribution is 2.17. The summed E-state index contributed by atoms with van der Waals surface area (Å²) in [4.78, 5) is 15.7. The first-order valence-corrected chi connectivity index (χ1v) is 4.56. The number of imidazole rings is 1. The first-order chi connectivity index (χ1) is 6.59. The van der Waals surface area contributed by atoms with E-state index in [1.165, 1.54) is 0 Å². The lowest BCUT2D eigenvalue weighted by atomic mass is 10.2. The molecular formula is C11H12N2O. The summed E-state index contributed by atoms with van der Waals surface area (Å²) in [6.07, 6.45) is 0. The minimum Gasteiger partial charge on any atom is -0.274 e. The minimum atomic E-state index is 0.00981. The molecule has 0 amide bonds. The molecule has 0 fully saturated rings. The van der Waals surface area contributed by atoms with Crippen LogP contribution in [-0.2, 0) is 0 Å². The van der Waals surface area contributed by atoms with E-state index in [-0.39, 0.29) is 5.91 Å². The van der Waals surface area contributed by atoms with E-state index in [2.05, 4.69) is 4.98 Å². The van der Waals surface area contributed by atoms with Crippen LogP contribution < -0.4 is 0 Å². The molecule has 0 atom stereocenters. The van der Waals surface area contributed by atoms with Crippen LogP contribution in [0.2, 0.25) is 0 Å². The molecule has 1 aromatic carbocycles. The molecule has 2 aromatic rings. The number of fused-ring (bicyclic) bond motifs is 1. The molecule has 0 N–H and O–H groups in total. The Bertz CT molecular complexity index is 511. The van der Waals surface area contributed by atoms with Gasteiger partial charge in [-0.05, 0) is 31.5 Å². The van der Waals surface area contributed by atoms with Crippen molar-refractivity contribution in [2.45, 2.75) is 20.8 Å². The molecule has 3 nitrogen and oxygen atoms in total. The van der Waals surface area contributed by atoms with Gasteiger partial charge in [-0.2, -0.15) is 0 Å². The number of rotatable bonds is 0. The number of hydrogen-bond donors (Lipinski definition) is 0. The van der Waals surface area contributed by atoms with E-state index in [1.807, 2.05) is 32.0 Å². The summed E-state index contributed by atoms with van der Waals surface area (Å²) in [6.45, 7) is 5.40. The van der Waals surface area contributed by atoms with Gasteiger partial charge in [-0.25, -0.2) is 4.98 Å². The fourth-order valence-electron chi connectivity index (χ4n) is 1.70. The summed E-state index contributed by atoms with van der Waals surface area (Å²) in [5, 5.41) is 0. The lowest BCUT2D eigenvalue weighted by Gasteiger charge is -2.00. The summed E-state index contributed by atoms with van der Waals surface area (Å²) in [6, 6.07) is 5.92. The van der Waals surface area contributed by atoms with Crippen molar-refractivity contribution in [3.63, 3.8) is 0 Å². The predicted octanol–water partition coefficient (Wildman–Crippen LogP) is 2.31. The van der Waals surface area contributed by atoms with Crippen LogP contribution >= 0.6 is 0 Å². The van der Waals surface area contributed by atoms with Gasteiger partial charge in [0.2, 0.25) is 5.91 Å². The minimum absolute atomic E-state index is 0.00981. The van der Waals surface area contributed by atoms with E-state index in [0.29, 0.717) is 0 Å². The number of aromatic nitrogens is 2. The van der Waals surface area contributed by atoms with Gasteiger partial charge >= 0.3 is 0 Å². The van der Waals surface area contributed by atoms with E-state index in [4.69, 9.17) is 0 Å². The quantitative estimate of drug-likeness (QED) is 0.636. The number of hydrogen-bond acceptors (Lipinski definition) is 2. The highest BCUT2D eigenvalue weighted by molar-refractivity contribution is 5.90. The zero-order valence-corrected chi connectivity index (χ0v) is 8.53. The Kier molecular flexibility index (Phi) is 1.88. The van der Waals surface area contributed by atoms with Crippen LogP contribution in [0.15, 0.2) is 18.2 Å². The normalized spacial score (nSPS) is 10.8. The fourth-order valence-corrected chi connectivity index (χ4v) is 1.70. The smallest absolute Gasteiger partial charge is 0.229 e. The summed E-state index contributed by atoms with van der Waals surface area (Å²) >= 11 is 0. The van der Waals surface area contributed by atoms with Gasteiger partial charge in [-0.15, -0.1) is 0 Å². The molecule has 14 heavy (non-hydrogen) atoms. The molecule has 0 unspecified atom stereocenters. The van der Waals surface area contributed by atoms with Crippen molar-refractivity contribution in [1.29, 1.82) is 0 Å². The van der Waals surface area contributed by atoms with Crippen molar-refractivity contribution in [1.82, 2.24) is 9.55 Å². The molecule has 0 aliphatic carbocycles. The van der Waals surface area contributed by atoms with Gasteiger partial charge in [0.1, 0.15) is 5.82 Å². The van der Waals surface area contributed by atoms with E-state index < -0.39 is 0 Å². The third-order valence-electron chi connectivity index (χ3n) is 2.29. The molecule has 3 heteroatoms. The first kappa shape index (κ1) is 8.94. The van der Waals surface area contributed by atoms with Gasteiger partial charge in [0.25, 0.3) is 0 Å². The number of benzene rings is 1. The number of nitrogens with zero attached hydrogens (tertiary/aromatic N) is 2. The van der Waals surface area contributed by atoms with Crippen molar-refractivity contribution in [2.75, 3.05) is 0 Å². The molecular weight excluding hydrogens is 176 g/mol. The van der Waals surface area contributed by atoms with Crippen molar-refractivity contribution >= 4 is 16.9 Å². The number of carbonyl (C=O) groups is 1. The highest BCUT2D eigenvalue weighted by atomic mass is 16.1. The van der Waals surface area contributed by atoms with Crippen molar-refractivity contribution in [3.8, 4) is 0 Å². The third-order valence-corrected chi connectivity index (χ3v) is 2.29. The molecule has 0 aliphatic rings. The predicted molar refractivity (Wildman–Crippen MR) is 55.5 cm³/mol. The van der Waals surface area contributed by atoms with E-state index in [9.17, 15) is 4.79 Å². The summed E-state index contributed by atoms with van der Waals surface area (Å²) in [5.41, 5.74) is 2.92. The Morgan fingerprint density at radius 3 is 2.71 bits per heavy atom. The van der Waals surface area contributed by atoms with E-state index in [0.717, 1.165) is 22.4 Å². The zero-order valence-electron chi connectivity index (χ0n) is 8.53. The maximum atomic E-state index is 11.4. The van der Waals surface area contributed by atoms with Crippen LogP contribution in [-0.4, -0.2) is 15.5 Å². The molecule has 0 saturated heterocycles. The van der Waals surface area contributed by atoms with Gasteiger partial charge in [0.05, 0.1) is 11.0 Å². The topological polar surface area (TPSA) is 34.9 Å². The highest BCUT2D eigenvalue weighted by Gasteiger charge is 2.09. The Labute approximate surface area is 82.4 Å². The Balaban J connectivity index is 2.86. The Hall–Kier alpha value is -1.64. The second-order valence-electron chi connectivity index (χ2n) is 3.51. The molecule has 0 bridgehead atoms. The fraction of sp³-hybridized carbons (Fsp3) is 0.273. The van der Waals surface area contributed by atoms with Crippen molar-refractivity contribution in [2.24, 2.45) is 0 Å². The molecule has 72 valence electrons. The molecule has 0 radical (unpaired) electrons. The third kappa shape index (κ3) is 1.21. The standard InChI is InChI=1S/C11H12N2O/c1-7-4-5-10-11(6-7)13(9(3)14)8(2)12-10/h4-6H,1-3H3. The van der Waals surface area contributed by atoms with Crippen molar-refractivity contribution in [3.05, 3.63) is 29.6 Å². The SMILES string of the molecule is CC(=O)n1c(C)nc2ccc(C)cc21. The van der Waals surface area contributed by atoms with Gasteiger partial charge in [-0.1, -0.05) is 6.07 Å². The van der Waals surface area contributed by atoms with Gasteiger partial charge in [-0.3, -0.25) is 9.36 Å². The average molecular weight is 188 g/mol. The van der Waals surface area contributed by atoms with E-state index >= 15 is 0 Å². The summed E-state index contributed by atoms with van der Waals surface area (Å²) in [7, 11) is 0. The molecule has 1 aromatic heterocycles. The van der Waals surface area contributed by atoms with Crippen LogP contribution in [0.1, 0.15) is 23.1 Å². The van der Waals surface area contributed by atoms with Crippen LogP contribution in [0.4, 0.5) is 0 Å². The number of carbonyl (C=O) groups excluding carboxylic acids is 1. The Morgan fingerprint density at radius 1 is 1.36 bits per heavy atom. The second kappa shape index (κ2) is 2.94. The van der Waals surface area contributed by atoms with Crippen LogP contribution in [0.25, 0.3) is 11.0 Å². The summed E-state index contributed by atoms with van der Waals surface area (Å²) < 4.78 is 1.64. The molecule has 0 aliphatic heterocycles. The van der Waals surface area contributed by atoms with Gasteiger partial charge in [0.15, 0.2) is 0 Å². The second-order valence-corrected chi connectivity index (χ2v) is 3.51. The average Bonchev–Trinajstić information content (AvgIpc) is 2.40. The monoisotopic (exact) mass is 188 g/mol. The number of aryl methyl sites for hydroxylation is 2. The maximum absolute atomic E-state index is 11.4. The molecule has 2 rings (SSSR count). The Morgan fingerprint density at radius 2 is 2.07 bits per heavy atom. The summed E-state index contributed by atoms with van der Waals surface area (Å²) in [5.74, 6) is 0.758. The van der Waals surface area contributed by atoms with Gasteiger partial charge < -0.3 is 0 Å². The molecule has 1 heterocycles. The largest absolute Gasteiger partial charge is 0.274 e. The van der Waals surface area contributed by atoms with Crippen LogP contribution in [0.3, 0.4) is 0 Å². The lowest BCUT2D eigenvalue weighted by molar-refractivity contribution is 0.0939. The zero-order chi connectivity index (χ0) is 10.3. The molecule has 0 spiro atoms. The molecule has 0 saturated carbocycles. The first-order valence-electron chi connectivity index (χ1n) is 4.56.